The van der Waals surface area contributed by atoms with E-state index < -0.39 is 47.4 Å². The Morgan fingerprint density at radius 2 is 2.12 bits per heavy atom. The van der Waals surface area contributed by atoms with Crippen LogP contribution >= 0.6 is 0 Å². The predicted octanol–water partition coefficient (Wildman–Crippen LogP) is 3.20. The Hall–Kier alpha value is -3.36. The molecule has 5 rings (SSSR count). The molecule has 0 bridgehead atoms. The number of ether oxygens (including phenoxy) is 2. The van der Waals surface area contributed by atoms with Gasteiger partial charge in [0.2, 0.25) is 0 Å². The molecule has 2 aliphatic heterocycles. The molecule has 40 heavy (non-hydrogen) atoms. The third kappa shape index (κ3) is 5.74. The number of fused-ring (bicyclic) bond motifs is 1. The Bertz CT molecular complexity index is 1480. The fourth-order valence-electron chi connectivity index (χ4n) is 5.12. The normalized spacial score (nSPS) is 21.4. The van der Waals surface area contributed by atoms with E-state index in [1.165, 1.54) is 35.7 Å². The van der Waals surface area contributed by atoms with E-state index in [0.717, 1.165) is 4.31 Å². The van der Waals surface area contributed by atoms with Crippen molar-refractivity contribution in [2.75, 3.05) is 44.4 Å². The molecule has 1 N–H and O–H groups in total. The number of carbonyl (C=O) groups is 1. The molecule has 2 saturated heterocycles. The molecule has 3 atom stereocenters. The maximum Gasteiger partial charge on any atom is 0.304 e. The van der Waals surface area contributed by atoms with Gasteiger partial charge in [0, 0.05) is 44.2 Å². The third-order valence-corrected chi connectivity index (χ3v) is 8.63. The summed E-state index contributed by atoms with van der Waals surface area (Å²) < 4.78 is 82.9. The van der Waals surface area contributed by atoms with Crippen LogP contribution in [0.15, 0.2) is 42.7 Å². The predicted molar refractivity (Wildman–Crippen MR) is 141 cm³/mol. The zero-order valence-electron chi connectivity index (χ0n) is 21.8. The van der Waals surface area contributed by atoms with Crippen LogP contribution in [0, 0.1) is 5.82 Å². The van der Waals surface area contributed by atoms with Gasteiger partial charge in [-0.15, -0.1) is 0 Å². The van der Waals surface area contributed by atoms with Gasteiger partial charge in [-0.3, -0.25) is 9.20 Å². The molecule has 0 spiro atoms. The first-order chi connectivity index (χ1) is 19.2. The SMILES string of the molecule is CCN(CCF)S(=O)(=O)NC(=O)c1cnc2ccc(N3CC(F)CC3c3cc(F)ccc3OC3CCOC3)cn12. The quantitative estimate of drug-likeness (QED) is 0.392. The second-order valence-electron chi connectivity index (χ2n) is 9.66. The average Bonchev–Trinajstić information content (AvgIpc) is 3.67. The summed E-state index contributed by atoms with van der Waals surface area (Å²) in [7, 11) is -4.29. The highest BCUT2D eigenvalue weighted by Gasteiger charge is 2.36. The Kier molecular flexibility index (Phi) is 8.19. The van der Waals surface area contributed by atoms with Gasteiger partial charge in [0.05, 0.1) is 31.1 Å². The summed E-state index contributed by atoms with van der Waals surface area (Å²) >= 11 is 0. The summed E-state index contributed by atoms with van der Waals surface area (Å²) in [6.45, 7) is 1.21. The molecule has 216 valence electrons. The van der Waals surface area contributed by atoms with E-state index in [1.807, 2.05) is 4.72 Å². The molecule has 4 heterocycles. The summed E-state index contributed by atoms with van der Waals surface area (Å²) in [5, 5.41) is 0. The van der Waals surface area contributed by atoms with E-state index in [-0.39, 0.29) is 31.3 Å². The number of hydrogen-bond donors (Lipinski definition) is 1. The standard InChI is InChI=1S/C26H30F3N5O5S/c1-2-32(9-8-27)40(36,37)31-26(35)23-13-30-25-6-4-19(15-34(23)25)33-14-18(29)12-22(33)21-11-17(28)3-5-24(21)39-20-7-10-38-16-20/h3-6,11,13,15,18,20,22H,2,7-10,12,14,16H2,1H3,(H,31,35). The van der Waals surface area contributed by atoms with Crippen molar-refractivity contribution in [1.82, 2.24) is 18.4 Å². The van der Waals surface area contributed by atoms with Crippen LogP contribution in [0.2, 0.25) is 0 Å². The zero-order valence-corrected chi connectivity index (χ0v) is 22.6. The number of hydrogen-bond acceptors (Lipinski definition) is 7. The van der Waals surface area contributed by atoms with Crippen LogP contribution in [-0.2, 0) is 14.9 Å². The van der Waals surface area contributed by atoms with Crippen LogP contribution in [-0.4, -0.2) is 79.8 Å². The Labute approximate surface area is 229 Å². The molecule has 0 aliphatic carbocycles. The van der Waals surface area contributed by atoms with Gasteiger partial charge in [0.15, 0.2) is 0 Å². The highest BCUT2D eigenvalue weighted by molar-refractivity contribution is 7.87. The van der Waals surface area contributed by atoms with Gasteiger partial charge < -0.3 is 14.4 Å². The van der Waals surface area contributed by atoms with Gasteiger partial charge >= 0.3 is 10.2 Å². The monoisotopic (exact) mass is 581 g/mol. The summed E-state index contributed by atoms with van der Waals surface area (Å²) in [5.74, 6) is -0.988. The van der Waals surface area contributed by atoms with Crippen LogP contribution in [0.4, 0.5) is 18.9 Å². The smallest absolute Gasteiger partial charge is 0.304 e. The molecule has 1 aromatic carbocycles. The van der Waals surface area contributed by atoms with E-state index >= 15 is 0 Å². The number of pyridine rings is 1. The van der Waals surface area contributed by atoms with Crippen molar-refractivity contribution in [1.29, 1.82) is 0 Å². The first kappa shape index (κ1) is 28.2. The molecule has 14 heteroatoms. The number of halogens is 3. The molecular formula is C26H30F3N5O5S. The minimum absolute atomic E-state index is 0.0119. The number of amides is 1. The minimum Gasteiger partial charge on any atom is -0.488 e. The molecule has 2 aliphatic rings. The van der Waals surface area contributed by atoms with Gasteiger partial charge in [-0.25, -0.2) is 22.9 Å². The van der Waals surface area contributed by atoms with Crippen LogP contribution < -0.4 is 14.4 Å². The molecule has 1 amide bonds. The molecule has 2 aromatic heterocycles. The Morgan fingerprint density at radius 3 is 2.85 bits per heavy atom. The third-order valence-electron chi connectivity index (χ3n) is 7.06. The molecule has 0 radical (unpaired) electrons. The summed E-state index contributed by atoms with van der Waals surface area (Å²) in [5.41, 5.74) is 1.28. The van der Waals surface area contributed by atoms with Gasteiger partial charge in [-0.2, -0.15) is 12.7 Å². The molecule has 3 unspecified atom stereocenters. The van der Waals surface area contributed by atoms with Gasteiger partial charge in [-0.05, 0) is 30.3 Å². The fourth-order valence-corrected chi connectivity index (χ4v) is 6.24. The summed E-state index contributed by atoms with van der Waals surface area (Å²) in [6, 6.07) is 6.93. The van der Waals surface area contributed by atoms with Crippen molar-refractivity contribution in [3.8, 4) is 5.75 Å². The van der Waals surface area contributed by atoms with Crippen LogP contribution in [0.3, 0.4) is 0 Å². The number of carbonyl (C=O) groups excluding carboxylic acids is 1. The maximum absolute atomic E-state index is 14.9. The minimum atomic E-state index is -4.29. The number of aromatic nitrogens is 2. The highest BCUT2D eigenvalue weighted by Crippen LogP contribution is 2.42. The van der Waals surface area contributed by atoms with Crippen molar-refractivity contribution >= 4 is 27.5 Å². The first-order valence-electron chi connectivity index (χ1n) is 13.0. The molecular weight excluding hydrogens is 551 g/mol. The van der Waals surface area contributed by atoms with Crippen molar-refractivity contribution in [3.63, 3.8) is 0 Å². The van der Waals surface area contributed by atoms with E-state index in [2.05, 4.69) is 4.98 Å². The van der Waals surface area contributed by atoms with E-state index in [9.17, 15) is 26.4 Å². The first-order valence-corrected chi connectivity index (χ1v) is 14.4. The van der Waals surface area contributed by atoms with Gasteiger partial charge in [0.1, 0.15) is 41.9 Å². The second-order valence-corrected chi connectivity index (χ2v) is 11.3. The second kappa shape index (κ2) is 11.6. The maximum atomic E-state index is 14.9. The molecule has 2 fully saturated rings. The number of anilines is 1. The lowest BCUT2D eigenvalue weighted by atomic mass is 10.0. The number of alkyl halides is 2. The number of imidazole rings is 1. The molecule has 10 nitrogen and oxygen atoms in total. The lowest BCUT2D eigenvalue weighted by Crippen LogP contribution is -2.44. The van der Waals surface area contributed by atoms with Crippen LogP contribution in [0.5, 0.6) is 5.75 Å². The van der Waals surface area contributed by atoms with Gasteiger partial charge in [-0.1, -0.05) is 6.92 Å². The Morgan fingerprint density at radius 1 is 1.30 bits per heavy atom. The summed E-state index contributed by atoms with van der Waals surface area (Å²) in [4.78, 5) is 18.9. The lowest BCUT2D eigenvalue weighted by Gasteiger charge is -2.29. The van der Waals surface area contributed by atoms with E-state index in [1.54, 1.807) is 23.2 Å². The number of rotatable bonds is 10. The van der Waals surface area contributed by atoms with Crippen LogP contribution in [0.1, 0.15) is 41.9 Å². The van der Waals surface area contributed by atoms with Crippen molar-refractivity contribution in [3.05, 3.63) is 59.8 Å². The fraction of sp³-hybridized carbons (Fsp3) is 0.462. The number of benzene rings is 1. The van der Waals surface area contributed by atoms with Gasteiger partial charge in [0.25, 0.3) is 5.91 Å². The van der Waals surface area contributed by atoms with E-state index in [4.69, 9.17) is 9.47 Å². The largest absolute Gasteiger partial charge is 0.488 e. The Balaban J connectivity index is 1.46. The number of nitrogens with zero attached hydrogens (tertiary/aromatic N) is 4. The van der Waals surface area contributed by atoms with E-state index in [0.29, 0.717) is 42.3 Å². The topological polar surface area (TPSA) is 105 Å². The summed E-state index contributed by atoms with van der Waals surface area (Å²) in [6.07, 6.45) is 2.16. The zero-order chi connectivity index (χ0) is 28.4. The highest BCUT2D eigenvalue weighted by atomic mass is 32.2. The van der Waals surface area contributed by atoms with Crippen molar-refractivity contribution < 1.29 is 35.9 Å². The number of nitrogens with one attached hydrogen (secondary N) is 1. The molecule has 0 saturated carbocycles. The van der Waals surface area contributed by atoms with Crippen molar-refractivity contribution in [2.45, 2.75) is 38.1 Å². The lowest BCUT2D eigenvalue weighted by molar-refractivity contribution is 0.0973. The average molecular weight is 582 g/mol. The van der Waals surface area contributed by atoms with Crippen LogP contribution in [0.25, 0.3) is 5.65 Å². The molecule has 3 aromatic rings. The van der Waals surface area contributed by atoms with Crippen molar-refractivity contribution in [2.24, 2.45) is 0 Å².